The fraction of sp³-hybridized carbons (Fsp3) is 0.111. The van der Waals surface area contributed by atoms with E-state index in [9.17, 15) is 8.42 Å². The molecule has 3 rings (SSSR count). The maximum absolute atomic E-state index is 13.1. The Kier molecular flexibility index (Phi) is 5.50. The van der Waals surface area contributed by atoms with E-state index in [0.29, 0.717) is 17.3 Å². The topological polar surface area (TPSA) is 37.4 Å². The van der Waals surface area contributed by atoms with Crippen molar-refractivity contribution in [2.24, 2.45) is 0 Å². The second-order valence-corrected chi connectivity index (χ2v) is 9.32. The van der Waals surface area contributed by atoms with Gasteiger partial charge < -0.3 is 0 Å². The molecule has 0 saturated heterocycles. The molecular formula is C18H16BrNO2S2. The molecule has 0 unspecified atom stereocenters. The van der Waals surface area contributed by atoms with Crippen molar-refractivity contribution in [2.75, 3.05) is 0 Å². The van der Waals surface area contributed by atoms with E-state index < -0.39 is 10.0 Å². The first kappa shape index (κ1) is 17.4. The highest BCUT2D eigenvalue weighted by molar-refractivity contribution is 9.10. The summed E-state index contributed by atoms with van der Waals surface area (Å²) < 4.78 is 28.8. The summed E-state index contributed by atoms with van der Waals surface area (Å²) in [6.45, 7) is 0.682. The number of benzene rings is 2. The van der Waals surface area contributed by atoms with Gasteiger partial charge >= 0.3 is 0 Å². The molecule has 0 aliphatic carbocycles. The van der Waals surface area contributed by atoms with Gasteiger partial charge in [0.25, 0.3) is 10.0 Å². The maximum Gasteiger partial charge on any atom is 0.253 e. The second-order valence-electron chi connectivity index (χ2n) is 5.33. The van der Waals surface area contributed by atoms with Crippen LogP contribution in [0.4, 0.5) is 0 Å². The standard InChI is InChI=1S/C18H16BrNO2S2/c19-17-11-18(23-14-17)24(21,22)20(12-15-7-3-1-4-8-15)13-16-9-5-2-6-10-16/h1-11,14H,12-13H2. The average Bonchev–Trinajstić information content (AvgIpc) is 3.03. The predicted octanol–water partition coefficient (Wildman–Crippen LogP) is 4.90. The smallest absolute Gasteiger partial charge is 0.206 e. The van der Waals surface area contributed by atoms with E-state index in [-0.39, 0.29) is 0 Å². The first-order valence-electron chi connectivity index (χ1n) is 7.38. The van der Waals surface area contributed by atoms with Gasteiger partial charge in [-0.1, -0.05) is 60.7 Å². The molecule has 0 aliphatic heterocycles. The van der Waals surface area contributed by atoms with Crippen LogP contribution in [0.5, 0.6) is 0 Å². The molecule has 0 atom stereocenters. The second kappa shape index (κ2) is 7.61. The molecule has 0 amide bonds. The van der Waals surface area contributed by atoms with Crippen molar-refractivity contribution in [1.29, 1.82) is 0 Å². The van der Waals surface area contributed by atoms with E-state index in [1.165, 1.54) is 15.6 Å². The molecule has 3 nitrogen and oxygen atoms in total. The van der Waals surface area contributed by atoms with Crippen LogP contribution < -0.4 is 0 Å². The van der Waals surface area contributed by atoms with E-state index in [4.69, 9.17) is 0 Å². The van der Waals surface area contributed by atoms with E-state index >= 15 is 0 Å². The van der Waals surface area contributed by atoms with Crippen LogP contribution in [0.25, 0.3) is 0 Å². The highest BCUT2D eigenvalue weighted by Crippen LogP contribution is 2.28. The van der Waals surface area contributed by atoms with E-state index in [1.807, 2.05) is 60.7 Å². The summed E-state index contributed by atoms with van der Waals surface area (Å²) in [5, 5.41) is 1.79. The third kappa shape index (κ3) is 4.13. The van der Waals surface area contributed by atoms with Crippen molar-refractivity contribution in [2.45, 2.75) is 17.3 Å². The molecular weight excluding hydrogens is 406 g/mol. The first-order valence-corrected chi connectivity index (χ1v) is 10.5. The predicted molar refractivity (Wildman–Crippen MR) is 101 cm³/mol. The van der Waals surface area contributed by atoms with Gasteiger partial charge in [0.1, 0.15) is 4.21 Å². The zero-order valence-corrected chi connectivity index (χ0v) is 16.0. The number of sulfonamides is 1. The molecule has 24 heavy (non-hydrogen) atoms. The molecule has 3 aromatic rings. The summed E-state index contributed by atoms with van der Waals surface area (Å²) in [4.78, 5) is 0. The third-order valence-corrected chi connectivity index (χ3v) is 7.51. The van der Waals surface area contributed by atoms with Crippen LogP contribution >= 0.6 is 27.3 Å². The van der Waals surface area contributed by atoms with Crippen LogP contribution in [0.3, 0.4) is 0 Å². The third-order valence-electron chi connectivity index (χ3n) is 3.54. The van der Waals surface area contributed by atoms with Crippen molar-refractivity contribution >= 4 is 37.3 Å². The monoisotopic (exact) mass is 421 g/mol. The SMILES string of the molecule is O=S(=O)(c1cc(Br)cs1)N(Cc1ccccc1)Cc1ccccc1. The molecule has 0 radical (unpaired) electrons. The fourth-order valence-corrected chi connectivity index (χ4v) is 5.78. The van der Waals surface area contributed by atoms with Crippen LogP contribution in [-0.4, -0.2) is 12.7 Å². The number of thiophene rings is 1. The van der Waals surface area contributed by atoms with Gasteiger partial charge in [0.05, 0.1) is 0 Å². The first-order chi connectivity index (χ1) is 11.6. The summed E-state index contributed by atoms with van der Waals surface area (Å²) in [5.41, 5.74) is 1.93. The maximum atomic E-state index is 13.1. The Hall–Kier alpha value is -1.47. The lowest BCUT2D eigenvalue weighted by Gasteiger charge is -2.21. The fourth-order valence-electron chi connectivity index (χ4n) is 2.36. The summed E-state index contributed by atoms with van der Waals surface area (Å²) >= 11 is 4.56. The van der Waals surface area contributed by atoms with Crippen LogP contribution in [-0.2, 0) is 23.1 Å². The summed E-state index contributed by atoms with van der Waals surface area (Å²) in [7, 11) is -3.55. The van der Waals surface area contributed by atoms with Gasteiger partial charge in [-0.05, 0) is 33.1 Å². The van der Waals surface area contributed by atoms with Crippen LogP contribution in [0.15, 0.2) is 80.8 Å². The minimum absolute atomic E-state index is 0.341. The molecule has 6 heteroatoms. The van der Waals surface area contributed by atoms with Crippen molar-refractivity contribution in [3.63, 3.8) is 0 Å². The Morgan fingerprint density at radius 3 is 1.79 bits per heavy atom. The molecule has 1 aromatic heterocycles. The Labute approximate surface area is 154 Å². The van der Waals surface area contributed by atoms with Crippen LogP contribution in [0, 0.1) is 0 Å². The summed E-state index contributed by atoms with van der Waals surface area (Å²) in [6.07, 6.45) is 0. The number of rotatable bonds is 6. The minimum Gasteiger partial charge on any atom is -0.206 e. The lowest BCUT2D eigenvalue weighted by atomic mass is 10.2. The Balaban J connectivity index is 1.94. The zero-order valence-electron chi connectivity index (χ0n) is 12.8. The molecule has 1 heterocycles. The molecule has 0 bridgehead atoms. The summed E-state index contributed by atoms with van der Waals surface area (Å²) in [5.74, 6) is 0. The van der Waals surface area contributed by atoms with Gasteiger partial charge in [-0.3, -0.25) is 0 Å². The Morgan fingerprint density at radius 1 is 0.875 bits per heavy atom. The quantitative estimate of drug-likeness (QED) is 0.567. The number of hydrogen-bond donors (Lipinski definition) is 0. The number of halogens is 1. The van der Waals surface area contributed by atoms with Gasteiger partial charge in [0.2, 0.25) is 0 Å². The van der Waals surface area contributed by atoms with E-state index in [0.717, 1.165) is 15.6 Å². The van der Waals surface area contributed by atoms with Gasteiger partial charge in [-0.2, -0.15) is 4.31 Å². The molecule has 0 N–H and O–H groups in total. The van der Waals surface area contributed by atoms with Gasteiger partial charge in [-0.25, -0.2) is 8.42 Å². The highest BCUT2D eigenvalue weighted by atomic mass is 79.9. The number of nitrogens with zero attached hydrogens (tertiary/aromatic N) is 1. The van der Waals surface area contributed by atoms with Crippen molar-refractivity contribution in [3.05, 3.63) is 87.7 Å². The molecule has 2 aromatic carbocycles. The van der Waals surface area contributed by atoms with Crippen molar-refractivity contribution in [3.8, 4) is 0 Å². The minimum atomic E-state index is -3.55. The van der Waals surface area contributed by atoms with E-state index in [1.54, 1.807) is 11.4 Å². The van der Waals surface area contributed by atoms with Crippen molar-refractivity contribution in [1.82, 2.24) is 4.31 Å². The van der Waals surface area contributed by atoms with Crippen molar-refractivity contribution < 1.29 is 8.42 Å². The van der Waals surface area contributed by atoms with Gasteiger partial charge in [0.15, 0.2) is 0 Å². The Bertz CT molecular complexity index is 852. The van der Waals surface area contributed by atoms with E-state index in [2.05, 4.69) is 15.9 Å². The highest BCUT2D eigenvalue weighted by Gasteiger charge is 2.26. The van der Waals surface area contributed by atoms with Gasteiger partial charge in [0, 0.05) is 22.9 Å². The summed E-state index contributed by atoms with van der Waals surface area (Å²) in [6, 6.07) is 21.0. The lowest BCUT2D eigenvalue weighted by Crippen LogP contribution is -2.29. The zero-order chi connectivity index (χ0) is 17.0. The largest absolute Gasteiger partial charge is 0.253 e. The molecule has 124 valence electrons. The number of hydrogen-bond acceptors (Lipinski definition) is 3. The molecule has 0 saturated carbocycles. The lowest BCUT2D eigenvalue weighted by molar-refractivity contribution is 0.402. The van der Waals surface area contributed by atoms with Crippen LogP contribution in [0.2, 0.25) is 0 Å². The van der Waals surface area contributed by atoms with Gasteiger partial charge in [-0.15, -0.1) is 11.3 Å². The normalized spacial score (nSPS) is 11.8. The molecule has 0 aliphatic rings. The average molecular weight is 422 g/mol. The molecule has 0 spiro atoms. The van der Waals surface area contributed by atoms with Crippen LogP contribution in [0.1, 0.15) is 11.1 Å². The Morgan fingerprint density at radius 2 is 1.38 bits per heavy atom. The molecule has 0 fully saturated rings.